The minimum atomic E-state index is -0.273. The number of benzene rings is 1. The smallest absolute Gasteiger partial charge is 0.127 e. The van der Waals surface area contributed by atoms with Gasteiger partial charge in [0.05, 0.1) is 0 Å². The lowest BCUT2D eigenvalue weighted by Gasteiger charge is -2.26. The molecule has 16 heavy (non-hydrogen) atoms. The molecule has 0 aliphatic heterocycles. The van der Waals surface area contributed by atoms with E-state index in [1.165, 1.54) is 18.7 Å². The van der Waals surface area contributed by atoms with Crippen molar-refractivity contribution in [3.05, 3.63) is 29.8 Å². The SMILES string of the molecule is CCN(CC)[SiH2]c1ccccc1C(C)(C)C. The highest BCUT2D eigenvalue weighted by Gasteiger charge is 2.18. The Kier molecular flexibility index (Phi) is 4.75. The van der Waals surface area contributed by atoms with Crippen LogP contribution in [0.25, 0.3) is 0 Å². The third-order valence-corrected chi connectivity index (χ3v) is 5.41. The summed E-state index contributed by atoms with van der Waals surface area (Å²) in [6, 6.07) is 8.97. The monoisotopic (exact) mass is 235 g/mol. The fraction of sp³-hybridized carbons (Fsp3) is 0.571. The summed E-state index contributed by atoms with van der Waals surface area (Å²) in [6.07, 6.45) is 0. The maximum atomic E-state index is 2.60. The van der Waals surface area contributed by atoms with Crippen molar-refractivity contribution >= 4 is 14.9 Å². The molecule has 0 N–H and O–H groups in total. The van der Waals surface area contributed by atoms with Gasteiger partial charge in [-0.2, -0.15) is 0 Å². The van der Waals surface area contributed by atoms with Gasteiger partial charge in [0.1, 0.15) is 9.68 Å². The lowest BCUT2D eigenvalue weighted by Crippen LogP contribution is -2.39. The second-order valence-electron chi connectivity index (χ2n) is 5.37. The van der Waals surface area contributed by atoms with Gasteiger partial charge in [0, 0.05) is 0 Å². The van der Waals surface area contributed by atoms with Crippen LogP contribution in [-0.4, -0.2) is 27.3 Å². The lowest BCUT2D eigenvalue weighted by atomic mass is 9.87. The van der Waals surface area contributed by atoms with Crippen LogP contribution in [0.2, 0.25) is 0 Å². The molecule has 1 nitrogen and oxygen atoms in total. The van der Waals surface area contributed by atoms with E-state index in [1.54, 1.807) is 5.19 Å². The van der Waals surface area contributed by atoms with E-state index < -0.39 is 0 Å². The first-order valence-corrected chi connectivity index (χ1v) is 7.63. The van der Waals surface area contributed by atoms with E-state index in [2.05, 4.69) is 63.4 Å². The molecule has 0 saturated heterocycles. The second kappa shape index (κ2) is 5.64. The number of nitrogens with zero attached hydrogens (tertiary/aromatic N) is 1. The first-order valence-electron chi connectivity index (χ1n) is 6.29. The Morgan fingerprint density at radius 1 is 1.06 bits per heavy atom. The summed E-state index contributed by atoms with van der Waals surface area (Å²) in [6.45, 7) is 13.8. The van der Waals surface area contributed by atoms with E-state index in [0.717, 1.165) is 0 Å². The normalized spacial score (nSPS) is 12.9. The molecule has 1 aromatic carbocycles. The average Bonchev–Trinajstić information content (AvgIpc) is 2.25. The highest BCUT2D eigenvalue weighted by Crippen LogP contribution is 2.19. The van der Waals surface area contributed by atoms with Crippen LogP contribution in [-0.2, 0) is 5.41 Å². The first kappa shape index (κ1) is 13.5. The lowest BCUT2D eigenvalue weighted by molar-refractivity contribution is 0.497. The van der Waals surface area contributed by atoms with E-state index in [9.17, 15) is 0 Å². The zero-order valence-corrected chi connectivity index (χ0v) is 12.8. The molecule has 0 aliphatic carbocycles. The Labute approximate surface area is 103 Å². The summed E-state index contributed by atoms with van der Waals surface area (Å²) in [7, 11) is -0.273. The van der Waals surface area contributed by atoms with Gasteiger partial charge in [-0.3, -0.25) is 0 Å². The molecule has 0 saturated carbocycles. The maximum absolute atomic E-state index is 2.60. The molecule has 0 spiro atoms. The summed E-state index contributed by atoms with van der Waals surface area (Å²) in [5, 5.41) is 1.61. The Morgan fingerprint density at radius 3 is 2.12 bits per heavy atom. The molecule has 0 aromatic heterocycles. The molecule has 2 heteroatoms. The molecule has 0 fully saturated rings. The summed E-state index contributed by atoms with van der Waals surface area (Å²) in [5.74, 6) is 0. The van der Waals surface area contributed by atoms with Gasteiger partial charge in [-0.05, 0) is 29.3 Å². The van der Waals surface area contributed by atoms with E-state index >= 15 is 0 Å². The molecular formula is C14H25NSi. The van der Waals surface area contributed by atoms with E-state index in [4.69, 9.17) is 0 Å². The van der Waals surface area contributed by atoms with Crippen LogP contribution in [0.5, 0.6) is 0 Å². The summed E-state index contributed by atoms with van der Waals surface area (Å²) in [4.78, 5) is 0. The van der Waals surface area contributed by atoms with E-state index in [-0.39, 0.29) is 15.1 Å². The summed E-state index contributed by atoms with van der Waals surface area (Å²) < 4.78 is 2.60. The molecule has 0 heterocycles. The standard InChI is InChI=1S/C14H25NSi/c1-6-15(7-2)16-13-11-9-8-10-12(13)14(3,4)5/h8-11H,6-7,16H2,1-5H3. The van der Waals surface area contributed by atoms with Crippen molar-refractivity contribution in [1.82, 2.24) is 4.57 Å². The number of hydrogen-bond donors (Lipinski definition) is 0. The number of hydrogen-bond acceptors (Lipinski definition) is 1. The van der Waals surface area contributed by atoms with Crippen LogP contribution < -0.4 is 5.19 Å². The highest BCUT2D eigenvalue weighted by atomic mass is 28.2. The van der Waals surface area contributed by atoms with Gasteiger partial charge >= 0.3 is 0 Å². The minimum Gasteiger partial charge on any atom is -0.325 e. The quantitative estimate of drug-likeness (QED) is 0.722. The van der Waals surface area contributed by atoms with Gasteiger partial charge < -0.3 is 4.57 Å². The predicted molar refractivity (Wildman–Crippen MR) is 76.2 cm³/mol. The summed E-state index contributed by atoms with van der Waals surface area (Å²) >= 11 is 0. The van der Waals surface area contributed by atoms with Gasteiger partial charge in [-0.25, -0.2) is 0 Å². The summed E-state index contributed by atoms with van der Waals surface area (Å²) in [5.41, 5.74) is 1.81. The Balaban J connectivity index is 2.95. The Morgan fingerprint density at radius 2 is 1.62 bits per heavy atom. The van der Waals surface area contributed by atoms with E-state index in [1.807, 2.05) is 0 Å². The first-order chi connectivity index (χ1) is 7.49. The molecule has 0 aliphatic rings. The zero-order valence-electron chi connectivity index (χ0n) is 11.4. The highest BCUT2D eigenvalue weighted by molar-refractivity contribution is 6.51. The third kappa shape index (κ3) is 3.46. The largest absolute Gasteiger partial charge is 0.325 e. The topological polar surface area (TPSA) is 3.24 Å². The molecule has 1 aromatic rings. The van der Waals surface area contributed by atoms with Crippen LogP contribution in [0.3, 0.4) is 0 Å². The van der Waals surface area contributed by atoms with Gasteiger partial charge in [0.25, 0.3) is 0 Å². The van der Waals surface area contributed by atoms with Crippen molar-refractivity contribution in [2.75, 3.05) is 13.1 Å². The van der Waals surface area contributed by atoms with Crippen molar-refractivity contribution < 1.29 is 0 Å². The molecule has 90 valence electrons. The van der Waals surface area contributed by atoms with Crippen molar-refractivity contribution in [2.24, 2.45) is 0 Å². The van der Waals surface area contributed by atoms with Gasteiger partial charge in [0.15, 0.2) is 0 Å². The molecule has 1 rings (SSSR count). The van der Waals surface area contributed by atoms with Crippen LogP contribution in [0.1, 0.15) is 40.2 Å². The predicted octanol–water partition coefficient (Wildman–Crippen LogP) is 2.03. The number of rotatable bonds is 4. The molecule has 0 atom stereocenters. The van der Waals surface area contributed by atoms with Crippen LogP contribution in [0.4, 0.5) is 0 Å². The van der Waals surface area contributed by atoms with Crippen molar-refractivity contribution in [3.8, 4) is 0 Å². The zero-order chi connectivity index (χ0) is 12.2. The van der Waals surface area contributed by atoms with Crippen molar-refractivity contribution in [2.45, 2.75) is 40.0 Å². The fourth-order valence-corrected chi connectivity index (χ4v) is 4.07. The molecule has 0 amide bonds. The van der Waals surface area contributed by atoms with Gasteiger partial charge in [-0.15, -0.1) is 0 Å². The Hall–Kier alpha value is -0.603. The van der Waals surface area contributed by atoms with Crippen molar-refractivity contribution in [3.63, 3.8) is 0 Å². The van der Waals surface area contributed by atoms with Crippen LogP contribution in [0, 0.1) is 0 Å². The molecule has 0 bridgehead atoms. The Bertz CT molecular complexity index is 324. The fourth-order valence-electron chi connectivity index (χ4n) is 2.08. The van der Waals surface area contributed by atoms with E-state index in [0.29, 0.717) is 0 Å². The van der Waals surface area contributed by atoms with Crippen LogP contribution in [0.15, 0.2) is 24.3 Å². The van der Waals surface area contributed by atoms with Crippen LogP contribution >= 0.6 is 0 Å². The molecular weight excluding hydrogens is 210 g/mol. The van der Waals surface area contributed by atoms with Gasteiger partial charge in [0.2, 0.25) is 0 Å². The maximum Gasteiger partial charge on any atom is 0.127 e. The molecule has 0 unspecified atom stereocenters. The van der Waals surface area contributed by atoms with Gasteiger partial charge in [-0.1, -0.05) is 58.9 Å². The second-order valence-corrected chi connectivity index (χ2v) is 7.34. The van der Waals surface area contributed by atoms with Crippen molar-refractivity contribution in [1.29, 1.82) is 0 Å². The average molecular weight is 235 g/mol. The molecule has 0 radical (unpaired) electrons. The minimum absolute atomic E-state index is 0.273. The third-order valence-electron chi connectivity index (χ3n) is 3.11.